The molecule has 84 valence electrons. The van der Waals surface area contributed by atoms with Gasteiger partial charge in [0.05, 0.1) is 0 Å². The Bertz CT molecular complexity index is 129. The van der Waals surface area contributed by atoms with E-state index in [0.29, 0.717) is 0 Å². The van der Waals surface area contributed by atoms with Crippen molar-refractivity contribution in [3.8, 4) is 0 Å². The number of rotatable bonds is 9. The zero-order valence-electron chi connectivity index (χ0n) is 10.2. The van der Waals surface area contributed by atoms with Crippen LogP contribution >= 0.6 is 0 Å². The number of unbranched alkanes of at least 4 members (excludes halogenated alkanes) is 1. The van der Waals surface area contributed by atoms with Gasteiger partial charge in [-0.05, 0) is 44.6 Å². The third-order valence-electron chi connectivity index (χ3n) is 2.40. The van der Waals surface area contributed by atoms with Gasteiger partial charge in [0.15, 0.2) is 0 Å². The molecule has 1 unspecified atom stereocenters. The average molecular weight is 197 g/mol. The molecule has 0 heterocycles. The summed E-state index contributed by atoms with van der Waals surface area (Å²) in [6.07, 6.45) is 8.28. The maximum absolute atomic E-state index is 3.76. The molecule has 1 atom stereocenters. The Morgan fingerprint density at radius 1 is 1.36 bits per heavy atom. The van der Waals surface area contributed by atoms with Crippen LogP contribution < -0.4 is 5.32 Å². The van der Waals surface area contributed by atoms with Gasteiger partial charge >= 0.3 is 0 Å². The van der Waals surface area contributed by atoms with E-state index < -0.39 is 0 Å². The lowest BCUT2D eigenvalue weighted by Crippen LogP contribution is -2.31. The van der Waals surface area contributed by atoms with Crippen LogP contribution in [0.3, 0.4) is 0 Å². The molecule has 14 heavy (non-hydrogen) atoms. The second kappa shape index (κ2) is 9.26. The van der Waals surface area contributed by atoms with E-state index >= 15 is 0 Å². The second-order valence-corrected chi connectivity index (χ2v) is 4.50. The van der Waals surface area contributed by atoms with Gasteiger partial charge in [-0.1, -0.05) is 26.8 Å². The van der Waals surface area contributed by atoms with Crippen molar-refractivity contribution in [3.05, 3.63) is 12.7 Å². The maximum Gasteiger partial charge on any atom is 0.00696 e. The van der Waals surface area contributed by atoms with Crippen LogP contribution in [-0.4, -0.2) is 12.6 Å². The van der Waals surface area contributed by atoms with E-state index in [4.69, 9.17) is 0 Å². The maximum atomic E-state index is 3.76. The summed E-state index contributed by atoms with van der Waals surface area (Å²) in [7, 11) is 0. The van der Waals surface area contributed by atoms with E-state index in [9.17, 15) is 0 Å². The lowest BCUT2D eigenvalue weighted by Gasteiger charge is -2.20. The third-order valence-corrected chi connectivity index (χ3v) is 2.40. The number of hydrogen-bond donors (Lipinski definition) is 1. The van der Waals surface area contributed by atoms with Crippen LogP contribution in [-0.2, 0) is 0 Å². The van der Waals surface area contributed by atoms with Gasteiger partial charge in [0.25, 0.3) is 0 Å². The molecule has 0 spiro atoms. The lowest BCUT2D eigenvalue weighted by atomic mass is 9.99. The second-order valence-electron chi connectivity index (χ2n) is 4.50. The molecule has 0 aromatic rings. The summed E-state index contributed by atoms with van der Waals surface area (Å²) in [6, 6.07) is 0.717. The quantitative estimate of drug-likeness (QED) is 0.438. The Kier molecular flexibility index (Phi) is 9.06. The van der Waals surface area contributed by atoms with Crippen molar-refractivity contribution in [1.29, 1.82) is 0 Å². The number of allylic oxidation sites excluding steroid dienone is 1. The molecular weight excluding hydrogens is 170 g/mol. The standard InChI is InChI=1S/C13H27N/c1-5-7-8-9-13(11-12(3)4)14-10-6-2/h5,12-14H,1,6-11H2,2-4H3. The van der Waals surface area contributed by atoms with Crippen LogP contribution in [0.5, 0.6) is 0 Å². The van der Waals surface area contributed by atoms with Crippen molar-refractivity contribution in [2.45, 2.75) is 58.9 Å². The first-order valence-corrected chi connectivity index (χ1v) is 6.05. The summed E-state index contributed by atoms with van der Waals surface area (Å²) in [5.74, 6) is 0.799. The summed E-state index contributed by atoms with van der Waals surface area (Å²) in [5, 5.41) is 3.63. The summed E-state index contributed by atoms with van der Waals surface area (Å²) < 4.78 is 0. The normalized spacial score (nSPS) is 13.1. The van der Waals surface area contributed by atoms with E-state index in [1.54, 1.807) is 0 Å². The van der Waals surface area contributed by atoms with Crippen LogP contribution in [0, 0.1) is 5.92 Å². The third kappa shape index (κ3) is 8.31. The number of hydrogen-bond acceptors (Lipinski definition) is 1. The van der Waals surface area contributed by atoms with Crippen molar-refractivity contribution < 1.29 is 0 Å². The van der Waals surface area contributed by atoms with Gasteiger partial charge in [-0.15, -0.1) is 6.58 Å². The highest BCUT2D eigenvalue weighted by Gasteiger charge is 2.08. The minimum Gasteiger partial charge on any atom is -0.314 e. The molecule has 0 fully saturated rings. The first-order valence-electron chi connectivity index (χ1n) is 6.05. The van der Waals surface area contributed by atoms with E-state index in [1.807, 2.05) is 6.08 Å². The van der Waals surface area contributed by atoms with E-state index in [2.05, 4.69) is 32.7 Å². The van der Waals surface area contributed by atoms with Crippen LogP contribution in [0.4, 0.5) is 0 Å². The topological polar surface area (TPSA) is 12.0 Å². The molecular formula is C13H27N. The SMILES string of the molecule is C=CCCCC(CC(C)C)NCCC. The molecule has 1 nitrogen and oxygen atoms in total. The van der Waals surface area contributed by atoms with Gasteiger partial charge in [-0.3, -0.25) is 0 Å². The van der Waals surface area contributed by atoms with Gasteiger partial charge in [0, 0.05) is 6.04 Å². The highest BCUT2D eigenvalue weighted by Crippen LogP contribution is 2.11. The molecule has 0 aliphatic heterocycles. The predicted molar refractivity (Wildman–Crippen MR) is 65.6 cm³/mol. The fourth-order valence-corrected chi connectivity index (χ4v) is 1.73. The smallest absolute Gasteiger partial charge is 0.00696 e. The molecule has 0 bridgehead atoms. The van der Waals surface area contributed by atoms with Gasteiger partial charge in [-0.2, -0.15) is 0 Å². The van der Waals surface area contributed by atoms with Crippen molar-refractivity contribution in [2.24, 2.45) is 5.92 Å². The fourth-order valence-electron chi connectivity index (χ4n) is 1.73. The van der Waals surface area contributed by atoms with Gasteiger partial charge in [0.2, 0.25) is 0 Å². The zero-order valence-corrected chi connectivity index (χ0v) is 10.2. The molecule has 0 saturated carbocycles. The predicted octanol–water partition coefficient (Wildman–Crippen LogP) is 3.76. The van der Waals surface area contributed by atoms with E-state index in [-0.39, 0.29) is 0 Å². The average Bonchev–Trinajstić information content (AvgIpc) is 2.13. The fraction of sp³-hybridized carbons (Fsp3) is 0.846. The minimum absolute atomic E-state index is 0.717. The molecule has 1 N–H and O–H groups in total. The van der Waals surface area contributed by atoms with Gasteiger partial charge < -0.3 is 5.32 Å². The van der Waals surface area contributed by atoms with Crippen molar-refractivity contribution in [1.82, 2.24) is 5.32 Å². The Balaban J connectivity index is 3.65. The van der Waals surface area contributed by atoms with Gasteiger partial charge in [-0.25, -0.2) is 0 Å². The Labute approximate surface area is 90.0 Å². The Morgan fingerprint density at radius 2 is 2.07 bits per heavy atom. The molecule has 0 amide bonds. The zero-order chi connectivity index (χ0) is 10.8. The summed E-state index contributed by atoms with van der Waals surface area (Å²) in [5.41, 5.74) is 0. The lowest BCUT2D eigenvalue weighted by molar-refractivity contribution is 0.392. The van der Waals surface area contributed by atoms with Crippen LogP contribution in [0.1, 0.15) is 52.9 Å². The van der Waals surface area contributed by atoms with Crippen molar-refractivity contribution in [3.63, 3.8) is 0 Å². The largest absolute Gasteiger partial charge is 0.314 e. The molecule has 0 radical (unpaired) electrons. The monoisotopic (exact) mass is 197 g/mol. The molecule has 0 aromatic carbocycles. The summed E-state index contributed by atoms with van der Waals surface area (Å²) in [6.45, 7) is 11.7. The molecule has 0 aliphatic carbocycles. The molecule has 0 rings (SSSR count). The van der Waals surface area contributed by atoms with Crippen LogP contribution in [0.15, 0.2) is 12.7 Å². The number of nitrogens with one attached hydrogen (secondary N) is 1. The minimum atomic E-state index is 0.717. The summed E-state index contributed by atoms with van der Waals surface area (Å²) in [4.78, 5) is 0. The Morgan fingerprint density at radius 3 is 2.57 bits per heavy atom. The molecule has 0 aromatic heterocycles. The highest BCUT2D eigenvalue weighted by molar-refractivity contribution is 4.72. The van der Waals surface area contributed by atoms with E-state index in [1.165, 1.54) is 25.7 Å². The van der Waals surface area contributed by atoms with Crippen LogP contribution in [0.25, 0.3) is 0 Å². The first-order chi connectivity index (χ1) is 6.70. The molecule has 0 aliphatic rings. The molecule has 1 heteroatoms. The van der Waals surface area contributed by atoms with Crippen LogP contribution in [0.2, 0.25) is 0 Å². The first kappa shape index (κ1) is 13.7. The van der Waals surface area contributed by atoms with Gasteiger partial charge in [0.1, 0.15) is 0 Å². The van der Waals surface area contributed by atoms with Crippen molar-refractivity contribution >= 4 is 0 Å². The van der Waals surface area contributed by atoms with Crippen molar-refractivity contribution in [2.75, 3.05) is 6.54 Å². The molecule has 0 saturated heterocycles. The Hall–Kier alpha value is -0.300. The highest BCUT2D eigenvalue weighted by atomic mass is 14.9. The van der Waals surface area contributed by atoms with E-state index in [0.717, 1.165) is 24.9 Å². The summed E-state index contributed by atoms with van der Waals surface area (Å²) >= 11 is 0.